The fraction of sp³-hybridized carbons (Fsp3) is 0.900. The maximum Gasteiger partial charge on any atom is 0.0594 e. The molecular weight excluding hydrogens is 256 g/mol. The van der Waals surface area contributed by atoms with E-state index in [9.17, 15) is 5.11 Å². The van der Waals surface area contributed by atoms with Crippen LogP contribution >= 0.6 is 0 Å². The zero-order chi connectivity index (χ0) is 15.6. The molecule has 2 saturated carbocycles. The summed E-state index contributed by atoms with van der Waals surface area (Å²) in [6.45, 7) is 14.4. The van der Waals surface area contributed by atoms with Gasteiger partial charge in [-0.15, -0.1) is 0 Å². The van der Waals surface area contributed by atoms with Crippen molar-refractivity contribution >= 4 is 0 Å². The molecule has 1 nitrogen and oxygen atoms in total. The molecule has 3 aliphatic rings. The number of hydrogen-bond acceptors (Lipinski definition) is 1. The van der Waals surface area contributed by atoms with Gasteiger partial charge in [0.2, 0.25) is 0 Å². The van der Waals surface area contributed by atoms with Crippen molar-refractivity contribution in [2.24, 2.45) is 34.0 Å². The van der Waals surface area contributed by atoms with Gasteiger partial charge >= 0.3 is 0 Å². The average molecular weight is 290 g/mol. The zero-order valence-corrected chi connectivity index (χ0v) is 14.9. The molecule has 1 heteroatoms. The number of fused-ring (bicyclic) bond motifs is 3. The lowest BCUT2D eigenvalue weighted by atomic mass is 9.47. The Bertz CT molecular complexity index is 460. The van der Waals surface area contributed by atoms with Gasteiger partial charge in [0.15, 0.2) is 0 Å². The maximum absolute atomic E-state index is 10.5. The van der Waals surface area contributed by atoms with Crippen LogP contribution in [0.4, 0.5) is 0 Å². The van der Waals surface area contributed by atoms with Crippen molar-refractivity contribution < 1.29 is 5.11 Å². The van der Waals surface area contributed by atoms with Crippen LogP contribution in [0.25, 0.3) is 0 Å². The van der Waals surface area contributed by atoms with Crippen LogP contribution in [0, 0.1) is 34.0 Å². The summed E-state index contributed by atoms with van der Waals surface area (Å²) in [6, 6.07) is 0. The molecule has 0 amide bonds. The highest BCUT2D eigenvalue weighted by molar-refractivity contribution is 5.30. The normalized spacial score (nSPS) is 48.8. The van der Waals surface area contributed by atoms with E-state index in [1.165, 1.54) is 25.7 Å². The third kappa shape index (κ3) is 1.92. The highest BCUT2D eigenvalue weighted by Crippen LogP contribution is 2.66. The molecule has 0 saturated heterocycles. The van der Waals surface area contributed by atoms with Gasteiger partial charge in [0, 0.05) is 0 Å². The lowest BCUT2D eigenvalue weighted by Gasteiger charge is -2.58. The summed E-state index contributed by atoms with van der Waals surface area (Å²) >= 11 is 0. The molecule has 0 heterocycles. The highest BCUT2D eigenvalue weighted by atomic mass is 16.3. The molecule has 0 aromatic rings. The summed E-state index contributed by atoms with van der Waals surface area (Å²) in [5.41, 5.74) is 2.65. The smallest absolute Gasteiger partial charge is 0.0594 e. The molecule has 120 valence electrons. The summed E-state index contributed by atoms with van der Waals surface area (Å²) in [6.07, 6.45) is 8.55. The molecule has 0 spiro atoms. The Morgan fingerprint density at radius 3 is 2.38 bits per heavy atom. The maximum atomic E-state index is 10.5. The van der Waals surface area contributed by atoms with E-state index < -0.39 is 0 Å². The Balaban J connectivity index is 2.02. The minimum absolute atomic E-state index is 0.0614. The molecule has 3 rings (SSSR count). The van der Waals surface area contributed by atoms with Gasteiger partial charge in [-0.25, -0.2) is 0 Å². The van der Waals surface area contributed by atoms with Crippen molar-refractivity contribution in [3.8, 4) is 0 Å². The van der Waals surface area contributed by atoms with Crippen molar-refractivity contribution in [3.05, 3.63) is 11.6 Å². The van der Waals surface area contributed by atoms with Crippen molar-refractivity contribution in [1.82, 2.24) is 0 Å². The van der Waals surface area contributed by atoms with Crippen molar-refractivity contribution in [2.45, 2.75) is 79.8 Å². The first kappa shape index (κ1) is 15.6. The standard InChI is InChI=1S/C20H34O/c1-13(2)19(5)11-9-15-14(19)7-8-16-18(3,4)17(21)10-12-20(15,16)6/h7,13,15-17,21H,8-12H2,1-6H3/t15-,16-,17-,19+,20+/m0/s1. The topological polar surface area (TPSA) is 20.2 Å². The summed E-state index contributed by atoms with van der Waals surface area (Å²) < 4.78 is 0. The first-order valence-electron chi connectivity index (χ1n) is 9.02. The number of aliphatic hydroxyl groups is 1. The second kappa shape index (κ2) is 4.60. The molecule has 21 heavy (non-hydrogen) atoms. The van der Waals surface area contributed by atoms with Crippen LogP contribution in [0.3, 0.4) is 0 Å². The Labute approximate surface area is 131 Å². The summed E-state index contributed by atoms with van der Waals surface area (Å²) in [5.74, 6) is 2.13. The largest absolute Gasteiger partial charge is 0.393 e. The predicted molar refractivity (Wildman–Crippen MR) is 89.0 cm³/mol. The van der Waals surface area contributed by atoms with E-state index in [1.807, 2.05) is 0 Å². The number of aliphatic hydroxyl groups excluding tert-OH is 1. The van der Waals surface area contributed by atoms with Crippen LogP contribution in [0.1, 0.15) is 73.6 Å². The molecule has 0 aromatic heterocycles. The van der Waals surface area contributed by atoms with Crippen LogP contribution in [0.5, 0.6) is 0 Å². The first-order chi connectivity index (χ1) is 9.64. The summed E-state index contributed by atoms with van der Waals surface area (Å²) in [7, 11) is 0. The molecule has 0 unspecified atom stereocenters. The van der Waals surface area contributed by atoms with Gasteiger partial charge in [-0.1, -0.05) is 53.2 Å². The lowest BCUT2D eigenvalue weighted by molar-refractivity contribution is -0.114. The van der Waals surface area contributed by atoms with E-state index in [4.69, 9.17) is 0 Å². The quantitative estimate of drug-likeness (QED) is 0.659. The molecule has 3 aliphatic carbocycles. The van der Waals surface area contributed by atoms with Gasteiger partial charge < -0.3 is 5.11 Å². The van der Waals surface area contributed by atoms with E-state index >= 15 is 0 Å². The van der Waals surface area contributed by atoms with Crippen molar-refractivity contribution in [2.75, 3.05) is 0 Å². The SMILES string of the molecule is CC(C)[C@@]1(C)CC[C@H]2C1=CC[C@H]1C(C)(C)[C@@H](O)CC[C@]21C. The van der Waals surface area contributed by atoms with Gasteiger partial charge in [-0.2, -0.15) is 0 Å². The summed E-state index contributed by atoms with van der Waals surface area (Å²) in [4.78, 5) is 0. The van der Waals surface area contributed by atoms with Gasteiger partial charge in [-0.05, 0) is 66.1 Å². The van der Waals surface area contributed by atoms with Gasteiger partial charge in [-0.3, -0.25) is 0 Å². The molecule has 1 N–H and O–H groups in total. The van der Waals surface area contributed by atoms with E-state index in [0.29, 0.717) is 16.7 Å². The first-order valence-corrected chi connectivity index (χ1v) is 9.02. The van der Waals surface area contributed by atoms with E-state index in [1.54, 1.807) is 5.57 Å². The third-order valence-corrected chi connectivity index (χ3v) is 8.14. The molecule has 5 atom stereocenters. The van der Waals surface area contributed by atoms with Crippen LogP contribution in [0.15, 0.2) is 11.6 Å². The molecule has 0 radical (unpaired) electrons. The predicted octanol–water partition coefficient (Wildman–Crippen LogP) is 5.19. The van der Waals surface area contributed by atoms with Crippen LogP contribution in [-0.2, 0) is 0 Å². The average Bonchev–Trinajstić information content (AvgIpc) is 2.75. The van der Waals surface area contributed by atoms with Crippen LogP contribution < -0.4 is 0 Å². The number of rotatable bonds is 1. The van der Waals surface area contributed by atoms with Gasteiger partial charge in [0.05, 0.1) is 6.10 Å². The molecular formula is C20H34O. The Morgan fingerprint density at radius 1 is 1.10 bits per heavy atom. The van der Waals surface area contributed by atoms with E-state index in [0.717, 1.165) is 18.3 Å². The Hall–Kier alpha value is -0.300. The fourth-order valence-electron chi connectivity index (χ4n) is 6.14. The lowest BCUT2D eigenvalue weighted by Crippen LogP contribution is -2.54. The molecule has 0 aliphatic heterocycles. The Kier molecular flexibility index (Phi) is 3.41. The monoisotopic (exact) mass is 290 g/mol. The second-order valence-corrected chi connectivity index (χ2v) is 9.49. The van der Waals surface area contributed by atoms with Gasteiger partial charge in [0.25, 0.3) is 0 Å². The number of allylic oxidation sites excluding steroid dienone is 2. The minimum atomic E-state index is -0.122. The van der Waals surface area contributed by atoms with Crippen molar-refractivity contribution in [1.29, 1.82) is 0 Å². The van der Waals surface area contributed by atoms with E-state index in [2.05, 4.69) is 47.6 Å². The fourth-order valence-corrected chi connectivity index (χ4v) is 6.14. The number of hydrogen-bond donors (Lipinski definition) is 1. The molecule has 0 bridgehead atoms. The third-order valence-electron chi connectivity index (χ3n) is 8.14. The van der Waals surface area contributed by atoms with Crippen molar-refractivity contribution in [3.63, 3.8) is 0 Å². The van der Waals surface area contributed by atoms with Gasteiger partial charge in [0.1, 0.15) is 0 Å². The zero-order valence-electron chi connectivity index (χ0n) is 14.9. The second-order valence-electron chi connectivity index (χ2n) is 9.49. The highest BCUT2D eigenvalue weighted by Gasteiger charge is 2.59. The van der Waals surface area contributed by atoms with E-state index in [-0.39, 0.29) is 11.5 Å². The molecule has 2 fully saturated rings. The van der Waals surface area contributed by atoms with Crippen LogP contribution in [0.2, 0.25) is 0 Å². The molecule has 0 aromatic carbocycles. The minimum Gasteiger partial charge on any atom is -0.393 e. The summed E-state index contributed by atoms with van der Waals surface area (Å²) in [5, 5.41) is 10.5. The van der Waals surface area contributed by atoms with Crippen LogP contribution in [-0.4, -0.2) is 11.2 Å². The Morgan fingerprint density at radius 2 is 1.76 bits per heavy atom.